The minimum absolute atomic E-state index is 0.0821. The van der Waals surface area contributed by atoms with Gasteiger partial charge in [-0.2, -0.15) is 0 Å². The van der Waals surface area contributed by atoms with Crippen LogP contribution >= 0.6 is 0 Å². The quantitative estimate of drug-likeness (QED) is 0.876. The summed E-state index contributed by atoms with van der Waals surface area (Å²) in [5, 5.41) is 2.74. The van der Waals surface area contributed by atoms with Crippen molar-refractivity contribution >= 4 is 11.6 Å². The van der Waals surface area contributed by atoms with E-state index in [1.54, 1.807) is 29.1 Å². The van der Waals surface area contributed by atoms with Gasteiger partial charge in [0.05, 0.1) is 12.0 Å². The summed E-state index contributed by atoms with van der Waals surface area (Å²) in [4.78, 5) is 15.8. The molecule has 5 heteroatoms. The standard InChI is InChI=1S/C16H16FN3O/c17-14-10-13(5-6-15(14)20-8-7-18-11-20)19-16(21)9-12-3-1-2-4-12/h1,3,5-8,10-12H,2,4,9H2,(H,19,21). The number of benzene rings is 1. The number of amides is 1. The van der Waals surface area contributed by atoms with E-state index in [1.165, 1.54) is 12.4 Å². The molecule has 21 heavy (non-hydrogen) atoms. The highest BCUT2D eigenvalue weighted by molar-refractivity contribution is 5.91. The van der Waals surface area contributed by atoms with Crippen molar-refractivity contribution < 1.29 is 9.18 Å². The SMILES string of the molecule is O=C(CC1C=CCC1)Nc1ccc(-n2ccnc2)c(F)c1. The molecule has 108 valence electrons. The number of anilines is 1. The van der Waals surface area contributed by atoms with E-state index < -0.39 is 5.82 Å². The lowest BCUT2D eigenvalue weighted by molar-refractivity contribution is -0.116. The van der Waals surface area contributed by atoms with Gasteiger partial charge < -0.3 is 9.88 Å². The molecule has 1 amide bonds. The summed E-state index contributed by atoms with van der Waals surface area (Å²) in [7, 11) is 0. The van der Waals surface area contributed by atoms with Crippen molar-refractivity contribution in [2.45, 2.75) is 19.3 Å². The normalized spacial score (nSPS) is 17.1. The first-order valence-electron chi connectivity index (χ1n) is 6.97. The first-order chi connectivity index (χ1) is 10.2. The first-order valence-corrected chi connectivity index (χ1v) is 6.97. The highest BCUT2D eigenvalue weighted by Crippen LogP contribution is 2.22. The number of allylic oxidation sites excluding steroid dienone is 2. The number of hydrogen-bond donors (Lipinski definition) is 1. The molecule has 2 aromatic rings. The Balaban J connectivity index is 1.67. The summed E-state index contributed by atoms with van der Waals surface area (Å²) >= 11 is 0. The Bertz CT molecular complexity index is 664. The number of halogens is 1. The van der Waals surface area contributed by atoms with Gasteiger partial charge in [0.1, 0.15) is 5.82 Å². The van der Waals surface area contributed by atoms with Crippen LogP contribution in [0.5, 0.6) is 0 Å². The highest BCUT2D eigenvalue weighted by atomic mass is 19.1. The Hall–Kier alpha value is -2.43. The van der Waals surface area contributed by atoms with Crippen LogP contribution in [0.1, 0.15) is 19.3 Å². The summed E-state index contributed by atoms with van der Waals surface area (Å²) in [5.41, 5.74) is 0.882. The summed E-state index contributed by atoms with van der Waals surface area (Å²) in [6.45, 7) is 0. The van der Waals surface area contributed by atoms with Crippen molar-refractivity contribution in [3.8, 4) is 5.69 Å². The average Bonchev–Trinajstić information content (AvgIpc) is 3.11. The second kappa shape index (κ2) is 5.91. The lowest BCUT2D eigenvalue weighted by Gasteiger charge is -2.10. The summed E-state index contributed by atoms with van der Waals surface area (Å²) < 4.78 is 15.6. The number of nitrogens with zero attached hydrogens (tertiary/aromatic N) is 2. The topological polar surface area (TPSA) is 46.9 Å². The van der Waals surface area contributed by atoms with Crippen LogP contribution in [0.3, 0.4) is 0 Å². The lowest BCUT2D eigenvalue weighted by Crippen LogP contribution is -2.15. The lowest BCUT2D eigenvalue weighted by atomic mass is 10.1. The van der Waals surface area contributed by atoms with Gasteiger partial charge in [0.25, 0.3) is 0 Å². The molecule has 0 bridgehead atoms. The Morgan fingerprint density at radius 1 is 1.48 bits per heavy atom. The summed E-state index contributed by atoms with van der Waals surface area (Å²) in [6, 6.07) is 4.65. The van der Waals surface area contributed by atoms with Gasteiger partial charge in [-0.3, -0.25) is 4.79 Å². The fourth-order valence-corrected chi connectivity index (χ4v) is 2.51. The van der Waals surface area contributed by atoms with E-state index >= 15 is 0 Å². The molecule has 1 aliphatic rings. The van der Waals surface area contributed by atoms with Gasteiger partial charge >= 0.3 is 0 Å². The Labute approximate surface area is 122 Å². The third kappa shape index (κ3) is 3.18. The molecule has 1 aromatic heterocycles. The van der Waals surface area contributed by atoms with Crippen molar-refractivity contribution in [3.05, 3.63) is 54.9 Å². The molecule has 0 aliphatic heterocycles. The van der Waals surface area contributed by atoms with Gasteiger partial charge in [0.2, 0.25) is 5.91 Å². The molecule has 0 spiro atoms. The van der Waals surface area contributed by atoms with Gasteiger partial charge in [-0.1, -0.05) is 12.2 Å². The number of rotatable bonds is 4. The number of hydrogen-bond acceptors (Lipinski definition) is 2. The number of aromatic nitrogens is 2. The zero-order valence-electron chi connectivity index (χ0n) is 11.5. The first kappa shape index (κ1) is 13.5. The third-order valence-electron chi connectivity index (χ3n) is 3.57. The molecule has 1 atom stereocenters. The molecule has 1 heterocycles. The molecule has 1 aromatic carbocycles. The van der Waals surface area contributed by atoms with Crippen LogP contribution in [0.2, 0.25) is 0 Å². The van der Waals surface area contributed by atoms with E-state index in [4.69, 9.17) is 0 Å². The second-order valence-electron chi connectivity index (χ2n) is 5.15. The summed E-state index contributed by atoms with van der Waals surface area (Å²) in [6.07, 6.45) is 11.4. The number of carbonyl (C=O) groups is 1. The number of nitrogens with one attached hydrogen (secondary N) is 1. The van der Waals surface area contributed by atoms with E-state index in [0.717, 1.165) is 12.8 Å². The zero-order valence-corrected chi connectivity index (χ0v) is 11.5. The fraction of sp³-hybridized carbons (Fsp3) is 0.250. The third-order valence-corrected chi connectivity index (χ3v) is 3.57. The maximum Gasteiger partial charge on any atom is 0.224 e. The van der Waals surface area contributed by atoms with Gasteiger partial charge in [0, 0.05) is 24.5 Å². The van der Waals surface area contributed by atoms with E-state index in [1.807, 2.05) is 0 Å². The average molecular weight is 285 g/mol. The predicted octanol–water partition coefficient (Wildman–Crippen LogP) is 3.31. The van der Waals surface area contributed by atoms with Gasteiger partial charge in [-0.25, -0.2) is 9.37 Å². The minimum Gasteiger partial charge on any atom is -0.326 e. The molecule has 4 nitrogen and oxygen atoms in total. The van der Waals surface area contributed by atoms with Gasteiger partial charge in [-0.15, -0.1) is 0 Å². The minimum atomic E-state index is -0.397. The molecule has 0 radical (unpaired) electrons. The molecule has 1 unspecified atom stereocenters. The van der Waals surface area contributed by atoms with Crippen LogP contribution < -0.4 is 5.32 Å². The molecule has 1 aliphatic carbocycles. The molecule has 1 N–H and O–H groups in total. The molecule has 0 saturated carbocycles. The second-order valence-corrected chi connectivity index (χ2v) is 5.15. The molecule has 0 saturated heterocycles. The van der Waals surface area contributed by atoms with Gasteiger partial charge in [-0.05, 0) is 37.0 Å². The maximum atomic E-state index is 14.1. The van der Waals surface area contributed by atoms with E-state index in [0.29, 0.717) is 23.7 Å². The van der Waals surface area contributed by atoms with E-state index in [-0.39, 0.29) is 5.91 Å². The smallest absolute Gasteiger partial charge is 0.224 e. The predicted molar refractivity (Wildman–Crippen MR) is 78.6 cm³/mol. The van der Waals surface area contributed by atoms with Crippen LogP contribution in [0, 0.1) is 11.7 Å². The fourth-order valence-electron chi connectivity index (χ4n) is 2.51. The molecular formula is C16H16FN3O. The van der Waals surface area contributed by atoms with Crippen molar-refractivity contribution in [1.82, 2.24) is 9.55 Å². The van der Waals surface area contributed by atoms with Gasteiger partial charge in [0.15, 0.2) is 0 Å². The van der Waals surface area contributed by atoms with Crippen molar-refractivity contribution in [2.75, 3.05) is 5.32 Å². The van der Waals surface area contributed by atoms with Crippen LogP contribution in [0.15, 0.2) is 49.1 Å². The van der Waals surface area contributed by atoms with Crippen molar-refractivity contribution in [1.29, 1.82) is 0 Å². The Kier molecular flexibility index (Phi) is 3.81. The van der Waals surface area contributed by atoms with Crippen LogP contribution in [-0.2, 0) is 4.79 Å². The largest absolute Gasteiger partial charge is 0.326 e. The van der Waals surface area contributed by atoms with Crippen LogP contribution in [-0.4, -0.2) is 15.5 Å². The highest BCUT2D eigenvalue weighted by Gasteiger charge is 2.14. The monoisotopic (exact) mass is 285 g/mol. The maximum absolute atomic E-state index is 14.1. The van der Waals surface area contributed by atoms with Crippen molar-refractivity contribution in [3.63, 3.8) is 0 Å². The van der Waals surface area contributed by atoms with E-state index in [2.05, 4.69) is 22.5 Å². The number of imidazole rings is 1. The Morgan fingerprint density at radius 2 is 2.38 bits per heavy atom. The van der Waals surface area contributed by atoms with Crippen LogP contribution in [0.25, 0.3) is 5.69 Å². The van der Waals surface area contributed by atoms with Crippen LogP contribution in [0.4, 0.5) is 10.1 Å². The molecular weight excluding hydrogens is 269 g/mol. The number of carbonyl (C=O) groups excluding carboxylic acids is 1. The summed E-state index contributed by atoms with van der Waals surface area (Å²) in [5.74, 6) is -0.173. The molecule has 0 fully saturated rings. The Morgan fingerprint density at radius 3 is 3.05 bits per heavy atom. The van der Waals surface area contributed by atoms with Crippen molar-refractivity contribution in [2.24, 2.45) is 5.92 Å². The van der Waals surface area contributed by atoms with E-state index in [9.17, 15) is 9.18 Å². The zero-order chi connectivity index (χ0) is 14.7. The molecule has 3 rings (SSSR count).